The van der Waals surface area contributed by atoms with Crippen molar-refractivity contribution in [3.63, 3.8) is 0 Å². The molecule has 1 saturated carbocycles. The van der Waals surface area contributed by atoms with Crippen LogP contribution in [0.1, 0.15) is 36.8 Å². The van der Waals surface area contributed by atoms with Crippen molar-refractivity contribution in [3.8, 4) is 11.1 Å². The van der Waals surface area contributed by atoms with Gasteiger partial charge in [-0.2, -0.15) is 11.8 Å². The fraction of sp³-hybridized carbons (Fsp3) is 0.353. The Morgan fingerprint density at radius 2 is 1.95 bits per heavy atom. The van der Waals surface area contributed by atoms with Crippen LogP contribution < -0.4 is 0 Å². The van der Waals surface area contributed by atoms with E-state index in [1.165, 1.54) is 24.0 Å². The second kappa shape index (κ2) is 6.19. The first-order valence-corrected chi connectivity index (χ1v) is 8.63. The molecule has 0 N–H and O–H groups in total. The smallest absolute Gasteiger partial charge is 0.133 e. The zero-order valence-corrected chi connectivity index (χ0v) is 13.2. The minimum Gasteiger partial charge on any atom is -0.244 e. The first-order valence-electron chi connectivity index (χ1n) is 7.10. The molecule has 3 rings (SSSR count). The Morgan fingerprint density at radius 1 is 1.20 bits per heavy atom. The average molecular weight is 304 g/mol. The van der Waals surface area contributed by atoms with Crippen LogP contribution >= 0.6 is 23.4 Å². The Kier molecular flexibility index (Phi) is 4.32. The molecule has 1 heterocycles. The molecule has 2 aromatic rings. The van der Waals surface area contributed by atoms with E-state index in [1.807, 2.05) is 18.0 Å². The van der Waals surface area contributed by atoms with Crippen molar-refractivity contribution in [3.05, 3.63) is 52.8 Å². The van der Waals surface area contributed by atoms with Crippen LogP contribution in [0.15, 0.2) is 36.5 Å². The van der Waals surface area contributed by atoms with E-state index < -0.39 is 0 Å². The first kappa shape index (κ1) is 14.0. The Hall–Kier alpha value is -0.990. The third-order valence-corrected chi connectivity index (χ3v) is 4.93. The van der Waals surface area contributed by atoms with Crippen molar-refractivity contribution in [2.75, 3.05) is 5.75 Å². The summed E-state index contributed by atoms with van der Waals surface area (Å²) in [6.45, 7) is 2.16. The van der Waals surface area contributed by atoms with Gasteiger partial charge in [-0.3, -0.25) is 0 Å². The van der Waals surface area contributed by atoms with Gasteiger partial charge in [-0.05, 0) is 47.3 Å². The van der Waals surface area contributed by atoms with E-state index in [4.69, 9.17) is 11.6 Å². The lowest BCUT2D eigenvalue weighted by atomic mass is 10.0. The van der Waals surface area contributed by atoms with E-state index in [0.717, 1.165) is 28.6 Å². The summed E-state index contributed by atoms with van der Waals surface area (Å²) in [5.41, 5.74) is 4.98. The number of thioether (sulfide) groups is 1. The van der Waals surface area contributed by atoms with Crippen LogP contribution in [0.25, 0.3) is 11.1 Å². The molecule has 20 heavy (non-hydrogen) atoms. The van der Waals surface area contributed by atoms with Gasteiger partial charge in [-0.1, -0.05) is 42.8 Å². The van der Waals surface area contributed by atoms with Gasteiger partial charge >= 0.3 is 0 Å². The Balaban J connectivity index is 1.84. The molecular weight excluding hydrogens is 286 g/mol. The van der Waals surface area contributed by atoms with Gasteiger partial charge in [0.05, 0.1) is 0 Å². The highest BCUT2D eigenvalue weighted by Crippen LogP contribution is 2.40. The van der Waals surface area contributed by atoms with Crippen molar-refractivity contribution in [1.82, 2.24) is 4.98 Å². The van der Waals surface area contributed by atoms with Crippen molar-refractivity contribution in [2.45, 2.75) is 31.4 Å². The predicted octanol–water partition coefficient (Wildman–Crippen LogP) is 5.53. The van der Waals surface area contributed by atoms with E-state index in [1.54, 1.807) is 0 Å². The first-order chi connectivity index (χ1) is 9.78. The molecule has 0 bridgehead atoms. The quantitative estimate of drug-likeness (QED) is 0.673. The number of hydrogen-bond donors (Lipinski definition) is 0. The summed E-state index contributed by atoms with van der Waals surface area (Å²) in [7, 11) is 0. The standard InChI is InChI=1S/C17H18ClNS/c1-2-20-11-16-9-15(10-19-17(16)18)14-7-5-13(6-8-14)12-3-4-12/h5-10,12H,2-4,11H2,1H3. The van der Waals surface area contributed by atoms with Gasteiger partial charge in [-0.25, -0.2) is 4.98 Å². The lowest BCUT2D eigenvalue weighted by Gasteiger charge is -2.07. The lowest BCUT2D eigenvalue weighted by Crippen LogP contribution is -1.90. The molecule has 0 aliphatic heterocycles. The molecular formula is C17H18ClNS. The summed E-state index contributed by atoms with van der Waals surface area (Å²) in [5, 5.41) is 0.629. The third kappa shape index (κ3) is 3.18. The average Bonchev–Trinajstić information content (AvgIpc) is 3.31. The van der Waals surface area contributed by atoms with Gasteiger partial charge in [0.15, 0.2) is 0 Å². The molecule has 1 aliphatic carbocycles. The van der Waals surface area contributed by atoms with Gasteiger partial charge < -0.3 is 0 Å². The fourth-order valence-electron chi connectivity index (χ4n) is 2.33. The van der Waals surface area contributed by atoms with Gasteiger partial charge in [0.1, 0.15) is 5.15 Å². The van der Waals surface area contributed by atoms with Crippen LogP contribution in [0.4, 0.5) is 0 Å². The number of hydrogen-bond acceptors (Lipinski definition) is 2. The number of pyridine rings is 1. The molecule has 0 unspecified atom stereocenters. The molecule has 0 saturated heterocycles. The summed E-state index contributed by atoms with van der Waals surface area (Å²) in [5.74, 6) is 2.83. The predicted molar refractivity (Wildman–Crippen MR) is 88.5 cm³/mol. The SMILES string of the molecule is CCSCc1cc(-c2ccc(C3CC3)cc2)cnc1Cl. The molecule has 104 valence electrons. The number of aromatic nitrogens is 1. The minimum atomic E-state index is 0.629. The molecule has 1 aliphatic rings. The van der Waals surface area contributed by atoms with Gasteiger partial charge in [-0.15, -0.1) is 0 Å². The zero-order valence-electron chi connectivity index (χ0n) is 11.6. The molecule has 0 atom stereocenters. The van der Waals surface area contributed by atoms with E-state index >= 15 is 0 Å². The molecule has 1 aromatic carbocycles. The van der Waals surface area contributed by atoms with Crippen molar-refractivity contribution in [1.29, 1.82) is 0 Å². The van der Waals surface area contributed by atoms with Crippen LogP contribution in [0.2, 0.25) is 5.15 Å². The second-order valence-electron chi connectivity index (χ2n) is 5.21. The van der Waals surface area contributed by atoms with Crippen molar-refractivity contribution in [2.24, 2.45) is 0 Å². The van der Waals surface area contributed by atoms with Crippen molar-refractivity contribution >= 4 is 23.4 Å². The van der Waals surface area contributed by atoms with Crippen LogP contribution in [0.5, 0.6) is 0 Å². The van der Waals surface area contributed by atoms with Crippen LogP contribution in [-0.2, 0) is 5.75 Å². The van der Waals surface area contributed by atoms with E-state index in [2.05, 4.69) is 42.2 Å². The van der Waals surface area contributed by atoms with Crippen molar-refractivity contribution < 1.29 is 0 Å². The molecule has 0 radical (unpaired) electrons. The highest BCUT2D eigenvalue weighted by molar-refractivity contribution is 7.98. The highest BCUT2D eigenvalue weighted by atomic mass is 35.5. The molecule has 3 heteroatoms. The fourth-order valence-corrected chi connectivity index (χ4v) is 3.22. The maximum Gasteiger partial charge on any atom is 0.133 e. The lowest BCUT2D eigenvalue weighted by molar-refractivity contribution is 1.13. The Labute approximate surface area is 129 Å². The molecule has 0 spiro atoms. The topological polar surface area (TPSA) is 12.9 Å². The van der Waals surface area contributed by atoms with E-state index in [-0.39, 0.29) is 0 Å². The van der Waals surface area contributed by atoms with Crippen LogP contribution in [-0.4, -0.2) is 10.7 Å². The van der Waals surface area contributed by atoms with Gasteiger partial charge in [0, 0.05) is 17.5 Å². The highest BCUT2D eigenvalue weighted by Gasteiger charge is 2.22. The number of benzene rings is 1. The zero-order chi connectivity index (χ0) is 13.9. The van der Waals surface area contributed by atoms with Crippen LogP contribution in [0, 0.1) is 0 Å². The van der Waals surface area contributed by atoms with E-state index in [0.29, 0.717) is 5.15 Å². The van der Waals surface area contributed by atoms with E-state index in [9.17, 15) is 0 Å². The summed E-state index contributed by atoms with van der Waals surface area (Å²) >= 11 is 8.04. The maximum absolute atomic E-state index is 6.17. The number of nitrogens with zero attached hydrogens (tertiary/aromatic N) is 1. The minimum absolute atomic E-state index is 0.629. The molecule has 1 fully saturated rings. The monoisotopic (exact) mass is 303 g/mol. The second-order valence-corrected chi connectivity index (χ2v) is 6.84. The summed E-state index contributed by atoms with van der Waals surface area (Å²) in [6, 6.07) is 11.1. The molecule has 1 nitrogen and oxygen atoms in total. The normalized spacial score (nSPS) is 14.5. The largest absolute Gasteiger partial charge is 0.244 e. The molecule has 0 amide bonds. The maximum atomic E-state index is 6.17. The summed E-state index contributed by atoms with van der Waals surface area (Å²) < 4.78 is 0. The Morgan fingerprint density at radius 3 is 2.60 bits per heavy atom. The summed E-state index contributed by atoms with van der Waals surface area (Å²) in [4.78, 5) is 4.33. The van der Waals surface area contributed by atoms with Gasteiger partial charge in [0.25, 0.3) is 0 Å². The summed E-state index contributed by atoms with van der Waals surface area (Å²) in [6.07, 6.45) is 4.56. The Bertz CT molecular complexity index is 590. The number of halogens is 1. The number of rotatable bonds is 5. The van der Waals surface area contributed by atoms with Crippen LogP contribution in [0.3, 0.4) is 0 Å². The molecule has 1 aromatic heterocycles. The van der Waals surface area contributed by atoms with Gasteiger partial charge in [0.2, 0.25) is 0 Å². The third-order valence-electron chi connectivity index (χ3n) is 3.67.